The van der Waals surface area contributed by atoms with E-state index < -0.39 is 0 Å². The molecule has 1 amide bonds. The summed E-state index contributed by atoms with van der Waals surface area (Å²) in [6, 6.07) is 7.58. The number of aryl methyl sites for hydroxylation is 1. The maximum absolute atomic E-state index is 12.3. The lowest BCUT2D eigenvalue weighted by Crippen LogP contribution is -2.22. The Labute approximate surface area is 138 Å². The molecule has 1 fully saturated rings. The van der Waals surface area contributed by atoms with Gasteiger partial charge < -0.3 is 9.88 Å². The van der Waals surface area contributed by atoms with Crippen LogP contribution in [0.3, 0.4) is 0 Å². The van der Waals surface area contributed by atoms with Gasteiger partial charge in [0.1, 0.15) is 5.82 Å². The van der Waals surface area contributed by atoms with Crippen LogP contribution in [0.4, 0.5) is 5.69 Å². The molecule has 1 aromatic heterocycles. The quantitative estimate of drug-likeness (QED) is 0.846. The number of aromatic nitrogens is 3. The van der Waals surface area contributed by atoms with Crippen LogP contribution in [0.15, 0.2) is 29.4 Å². The van der Waals surface area contributed by atoms with Crippen LogP contribution in [0.25, 0.3) is 0 Å². The molecule has 1 saturated carbocycles. The zero-order valence-corrected chi connectivity index (χ0v) is 14.0. The largest absolute Gasteiger partial charge is 0.325 e. The number of nitrogens with zero attached hydrogens (tertiary/aromatic N) is 3. The van der Waals surface area contributed by atoms with E-state index in [-0.39, 0.29) is 11.2 Å². The van der Waals surface area contributed by atoms with Crippen molar-refractivity contribution >= 4 is 35.0 Å². The molecule has 1 heterocycles. The zero-order valence-electron chi connectivity index (χ0n) is 12.4. The van der Waals surface area contributed by atoms with Crippen molar-refractivity contribution in [1.82, 2.24) is 14.8 Å². The van der Waals surface area contributed by atoms with Gasteiger partial charge in [0.25, 0.3) is 0 Å². The van der Waals surface area contributed by atoms with Gasteiger partial charge in [-0.25, -0.2) is 0 Å². The second-order valence-corrected chi connectivity index (χ2v) is 7.13. The highest BCUT2D eigenvalue weighted by Gasteiger charge is 2.29. The number of anilines is 1. The predicted octanol–water partition coefficient (Wildman–Crippen LogP) is 3.69. The Morgan fingerprint density at radius 2 is 2.05 bits per heavy atom. The van der Waals surface area contributed by atoms with Crippen molar-refractivity contribution in [3.8, 4) is 0 Å². The summed E-state index contributed by atoms with van der Waals surface area (Å²) in [5.74, 6) is 0.852. The van der Waals surface area contributed by atoms with Crippen molar-refractivity contribution in [3.05, 3.63) is 35.1 Å². The van der Waals surface area contributed by atoms with Gasteiger partial charge in [0, 0.05) is 16.8 Å². The molecule has 0 spiro atoms. The van der Waals surface area contributed by atoms with Crippen LogP contribution in [0.5, 0.6) is 0 Å². The van der Waals surface area contributed by atoms with Gasteiger partial charge in [-0.05, 0) is 51.0 Å². The van der Waals surface area contributed by atoms with E-state index in [1.807, 2.05) is 13.8 Å². The summed E-state index contributed by atoms with van der Waals surface area (Å²) in [6.07, 6.45) is 2.33. The maximum Gasteiger partial charge on any atom is 0.237 e. The van der Waals surface area contributed by atoms with Gasteiger partial charge >= 0.3 is 0 Å². The number of halogens is 1. The first-order chi connectivity index (χ1) is 10.5. The van der Waals surface area contributed by atoms with Crippen molar-refractivity contribution in [3.63, 3.8) is 0 Å². The highest BCUT2D eigenvalue weighted by atomic mass is 35.5. The molecule has 1 aliphatic carbocycles. The van der Waals surface area contributed by atoms with Crippen LogP contribution < -0.4 is 5.32 Å². The molecular formula is C15H17ClN4OS. The first kappa shape index (κ1) is 15.4. The monoisotopic (exact) mass is 336 g/mol. The average molecular weight is 337 g/mol. The number of thioether (sulfide) groups is 1. The fourth-order valence-electron chi connectivity index (χ4n) is 2.17. The number of rotatable bonds is 5. The van der Waals surface area contributed by atoms with Crippen LogP contribution >= 0.6 is 23.4 Å². The number of hydrogen-bond acceptors (Lipinski definition) is 4. The Kier molecular flexibility index (Phi) is 4.40. The Bertz CT molecular complexity index is 681. The first-order valence-electron chi connectivity index (χ1n) is 7.19. The summed E-state index contributed by atoms with van der Waals surface area (Å²) in [5, 5.41) is 12.4. The van der Waals surface area contributed by atoms with E-state index in [4.69, 9.17) is 11.6 Å². The predicted molar refractivity (Wildman–Crippen MR) is 88.4 cm³/mol. The zero-order chi connectivity index (χ0) is 15.7. The molecule has 1 N–H and O–H groups in total. The topological polar surface area (TPSA) is 59.8 Å². The molecule has 3 rings (SSSR count). The van der Waals surface area contributed by atoms with Gasteiger partial charge in [-0.3, -0.25) is 4.79 Å². The molecule has 0 unspecified atom stereocenters. The standard InChI is InChI=1S/C15H17ClN4OS/c1-9(14(21)17-12-5-3-11(16)4-6-12)22-15-19-18-10(2)20(15)13-7-8-13/h3-6,9,13H,7-8H2,1-2H3,(H,17,21)/t9-/m0/s1. The number of amides is 1. The smallest absolute Gasteiger partial charge is 0.237 e. The number of hydrogen-bond donors (Lipinski definition) is 1. The number of nitrogens with one attached hydrogen (secondary N) is 1. The summed E-state index contributed by atoms with van der Waals surface area (Å²) in [5.41, 5.74) is 0.738. The Morgan fingerprint density at radius 1 is 1.36 bits per heavy atom. The van der Waals surface area contributed by atoms with Crippen LogP contribution in [0.1, 0.15) is 31.6 Å². The minimum Gasteiger partial charge on any atom is -0.325 e. The minimum absolute atomic E-state index is 0.0599. The first-order valence-corrected chi connectivity index (χ1v) is 8.45. The van der Waals surface area contributed by atoms with Crippen LogP contribution in [0.2, 0.25) is 5.02 Å². The molecule has 0 radical (unpaired) electrons. The number of benzene rings is 1. The van der Waals surface area contributed by atoms with E-state index in [1.54, 1.807) is 24.3 Å². The van der Waals surface area contributed by atoms with Crippen LogP contribution in [-0.2, 0) is 4.79 Å². The molecule has 1 aliphatic rings. The normalized spacial score (nSPS) is 15.6. The van der Waals surface area contributed by atoms with Gasteiger partial charge in [0.05, 0.1) is 5.25 Å². The highest BCUT2D eigenvalue weighted by Crippen LogP contribution is 2.39. The second kappa shape index (κ2) is 6.30. The summed E-state index contributed by atoms with van der Waals surface area (Å²) in [7, 11) is 0. The average Bonchev–Trinajstić information content (AvgIpc) is 3.26. The molecule has 7 heteroatoms. The van der Waals surface area contributed by atoms with E-state index in [2.05, 4.69) is 20.1 Å². The molecule has 1 aromatic carbocycles. The van der Waals surface area contributed by atoms with E-state index in [0.29, 0.717) is 11.1 Å². The van der Waals surface area contributed by atoms with E-state index in [0.717, 1.165) is 29.5 Å². The van der Waals surface area contributed by atoms with Gasteiger partial charge in [-0.2, -0.15) is 0 Å². The summed E-state index contributed by atoms with van der Waals surface area (Å²) in [4.78, 5) is 12.3. The molecular weight excluding hydrogens is 320 g/mol. The van der Waals surface area contributed by atoms with Crippen molar-refractivity contribution in [2.24, 2.45) is 0 Å². The van der Waals surface area contributed by atoms with E-state index >= 15 is 0 Å². The SMILES string of the molecule is Cc1nnc(S[C@@H](C)C(=O)Nc2ccc(Cl)cc2)n1C1CC1. The Morgan fingerprint density at radius 3 is 2.68 bits per heavy atom. The lowest BCUT2D eigenvalue weighted by Gasteiger charge is -2.12. The van der Waals surface area contributed by atoms with Crippen molar-refractivity contribution in [2.75, 3.05) is 5.32 Å². The third kappa shape index (κ3) is 3.44. The van der Waals surface area contributed by atoms with Gasteiger partial charge in [-0.15, -0.1) is 10.2 Å². The maximum atomic E-state index is 12.3. The van der Waals surface area contributed by atoms with Crippen molar-refractivity contribution in [1.29, 1.82) is 0 Å². The second-order valence-electron chi connectivity index (χ2n) is 5.39. The number of carbonyl (C=O) groups excluding carboxylic acids is 1. The summed E-state index contributed by atoms with van der Waals surface area (Å²) >= 11 is 7.28. The molecule has 0 bridgehead atoms. The third-order valence-corrected chi connectivity index (χ3v) is 4.82. The summed E-state index contributed by atoms with van der Waals surface area (Å²) < 4.78 is 2.14. The summed E-state index contributed by atoms with van der Waals surface area (Å²) in [6.45, 7) is 3.82. The van der Waals surface area contributed by atoms with Crippen LogP contribution in [0, 0.1) is 6.92 Å². The molecule has 1 atom stereocenters. The molecule has 116 valence electrons. The Hall–Kier alpha value is -1.53. The van der Waals surface area contributed by atoms with Gasteiger partial charge in [-0.1, -0.05) is 23.4 Å². The van der Waals surface area contributed by atoms with Gasteiger partial charge in [0.15, 0.2) is 5.16 Å². The number of carbonyl (C=O) groups is 1. The lowest BCUT2D eigenvalue weighted by molar-refractivity contribution is -0.115. The fraction of sp³-hybridized carbons (Fsp3) is 0.400. The van der Waals surface area contributed by atoms with Crippen LogP contribution in [-0.4, -0.2) is 25.9 Å². The van der Waals surface area contributed by atoms with E-state index in [9.17, 15) is 4.79 Å². The van der Waals surface area contributed by atoms with Crippen molar-refractivity contribution < 1.29 is 4.79 Å². The lowest BCUT2D eigenvalue weighted by atomic mass is 10.3. The van der Waals surface area contributed by atoms with Crippen molar-refractivity contribution in [2.45, 2.75) is 43.1 Å². The molecule has 22 heavy (non-hydrogen) atoms. The molecule has 0 saturated heterocycles. The molecule has 0 aliphatic heterocycles. The third-order valence-electron chi connectivity index (χ3n) is 3.51. The minimum atomic E-state index is -0.253. The fourth-order valence-corrected chi connectivity index (χ4v) is 3.26. The Balaban J connectivity index is 1.65. The molecule has 2 aromatic rings. The molecule has 5 nitrogen and oxygen atoms in total. The van der Waals surface area contributed by atoms with E-state index in [1.165, 1.54) is 11.8 Å². The highest BCUT2D eigenvalue weighted by molar-refractivity contribution is 8.00. The van der Waals surface area contributed by atoms with Gasteiger partial charge in [0.2, 0.25) is 5.91 Å².